The summed E-state index contributed by atoms with van der Waals surface area (Å²) in [6.07, 6.45) is 3.39. The maximum Gasteiger partial charge on any atom is 0.246 e. The molecule has 0 aliphatic heterocycles. The van der Waals surface area contributed by atoms with Crippen molar-refractivity contribution in [2.24, 2.45) is 7.05 Å². The highest BCUT2D eigenvalue weighted by Gasteiger charge is 2.21. The van der Waals surface area contributed by atoms with Crippen molar-refractivity contribution >= 4 is 11.6 Å². The van der Waals surface area contributed by atoms with Crippen LogP contribution < -0.4 is 10.6 Å². The summed E-state index contributed by atoms with van der Waals surface area (Å²) in [6, 6.07) is 4.07. The average Bonchev–Trinajstić information content (AvgIpc) is 2.82. The third kappa shape index (κ3) is 2.85. The number of anilines is 1. The lowest BCUT2D eigenvalue weighted by molar-refractivity contribution is -0.118. The van der Waals surface area contributed by atoms with E-state index in [-0.39, 0.29) is 11.7 Å². The van der Waals surface area contributed by atoms with E-state index in [2.05, 4.69) is 15.7 Å². The summed E-state index contributed by atoms with van der Waals surface area (Å²) in [5.74, 6) is -0.598. The summed E-state index contributed by atoms with van der Waals surface area (Å²) in [5.41, 5.74) is 1.64. The fourth-order valence-electron chi connectivity index (χ4n) is 1.99. The summed E-state index contributed by atoms with van der Waals surface area (Å²) in [4.78, 5) is 12.3. The Morgan fingerprint density at radius 1 is 1.45 bits per heavy atom. The van der Waals surface area contributed by atoms with E-state index in [1.54, 1.807) is 50.2 Å². The van der Waals surface area contributed by atoms with Crippen molar-refractivity contribution in [2.75, 3.05) is 12.4 Å². The van der Waals surface area contributed by atoms with Gasteiger partial charge in [-0.1, -0.05) is 6.07 Å². The lowest BCUT2D eigenvalue weighted by Gasteiger charge is -2.16. The van der Waals surface area contributed by atoms with Gasteiger partial charge in [-0.05, 0) is 26.1 Å². The molecule has 5 nitrogen and oxygen atoms in total. The molecule has 6 heteroatoms. The third-order valence-electron chi connectivity index (χ3n) is 3.13. The van der Waals surface area contributed by atoms with Crippen LogP contribution in [0.25, 0.3) is 0 Å². The van der Waals surface area contributed by atoms with Crippen molar-refractivity contribution < 1.29 is 9.18 Å². The van der Waals surface area contributed by atoms with Crippen LogP contribution in [0, 0.1) is 12.7 Å². The van der Waals surface area contributed by atoms with Gasteiger partial charge < -0.3 is 10.6 Å². The van der Waals surface area contributed by atoms with Gasteiger partial charge >= 0.3 is 0 Å². The van der Waals surface area contributed by atoms with Crippen molar-refractivity contribution in [3.05, 3.63) is 47.5 Å². The number of halogens is 1. The van der Waals surface area contributed by atoms with Gasteiger partial charge in [-0.3, -0.25) is 9.48 Å². The number of carbonyl (C=O) groups excluding carboxylic acids is 1. The predicted molar refractivity (Wildman–Crippen MR) is 74.8 cm³/mol. The Kier molecular flexibility index (Phi) is 4.14. The van der Waals surface area contributed by atoms with Crippen LogP contribution in [-0.2, 0) is 11.8 Å². The molecule has 1 amide bonds. The maximum absolute atomic E-state index is 13.5. The van der Waals surface area contributed by atoms with E-state index in [0.29, 0.717) is 11.3 Å². The molecular formula is C14H17FN4O. The van der Waals surface area contributed by atoms with E-state index >= 15 is 0 Å². The highest BCUT2D eigenvalue weighted by Crippen LogP contribution is 2.20. The average molecular weight is 276 g/mol. The van der Waals surface area contributed by atoms with Crippen LogP contribution in [0.4, 0.5) is 10.1 Å². The van der Waals surface area contributed by atoms with E-state index in [0.717, 1.165) is 5.56 Å². The predicted octanol–water partition coefficient (Wildman–Crippen LogP) is 1.77. The largest absolute Gasteiger partial charge is 0.324 e. The molecule has 1 aromatic heterocycles. The molecule has 0 fully saturated rings. The molecule has 1 aromatic carbocycles. The lowest BCUT2D eigenvalue weighted by Crippen LogP contribution is -2.30. The Balaban J connectivity index is 2.20. The van der Waals surface area contributed by atoms with E-state index in [4.69, 9.17) is 0 Å². The molecule has 0 aliphatic carbocycles. The fraction of sp³-hybridized carbons (Fsp3) is 0.286. The molecule has 0 aliphatic rings. The Morgan fingerprint density at radius 2 is 2.20 bits per heavy atom. The minimum absolute atomic E-state index is 0.255. The zero-order valence-corrected chi connectivity index (χ0v) is 11.6. The molecule has 1 atom stereocenters. The zero-order valence-electron chi connectivity index (χ0n) is 11.6. The van der Waals surface area contributed by atoms with Gasteiger partial charge in [0.1, 0.15) is 11.9 Å². The normalized spacial score (nSPS) is 12.2. The number of carbonyl (C=O) groups is 1. The van der Waals surface area contributed by atoms with Crippen LogP contribution >= 0.6 is 0 Å². The summed E-state index contributed by atoms with van der Waals surface area (Å²) in [5, 5.41) is 9.70. The molecule has 0 spiro atoms. The van der Waals surface area contributed by atoms with E-state index in [1.165, 1.54) is 6.07 Å². The number of nitrogens with zero attached hydrogens (tertiary/aromatic N) is 2. The summed E-state index contributed by atoms with van der Waals surface area (Å²) in [7, 11) is 3.47. The molecule has 0 bridgehead atoms. The number of aromatic nitrogens is 2. The van der Waals surface area contributed by atoms with E-state index in [1.807, 2.05) is 0 Å². The molecule has 2 rings (SSSR count). The number of likely N-dealkylation sites (N-methyl/N-ethyl adjacent to an activating group) is 1. The Labute approximate surface area is 116 Å². The lowest BCUT2D eigenvalue weighted by atomic mass is 10.1. The highest BCUT2D eigenvalue weighted by atomic mass is 19.1. The number of nitrogens with one attached hydrogen (secondary N) is 2. The van der Waals surface area contributed by atoms with E-state index < -0.39 is 6.04 Å². The molecule has 20 heavy (non-hydrogen) atoms. The first kappa shape index (κ1) is 14.2. The van der Waals surface area contributed by atoms with E-state index in [9.17, 15) is 9.18 Å². The van der Waals surface area contributed by atoms with Crippen LogP contribution in [0.1, 0.15) is 17.2 Å². The second-order valence-electron chi connectivity index (χ2n) is 4.57. The first-order valence-electron chi connectivity index (χ1n) is 6.24. The Bertz CT molecular complexity index is 623. The molecule has 2 N–H and O–H groups in total. The molecule has 2 aromatic rings. The van der Waals surface area contributed by atoms with Gasteiger partial charge in [0.15, 0.2) is 0 Å². The highest BCUT2D eigenvalue weighted by molar-refractivity contribution is 5.96. The summed E-state index contributed by atoms with van der Waals surface area (Å²) < 4.78 is 15.1. The molecule has 1 unspecified atom stereocenters. The quantitative estimate of drug-likeness (QED) is 0.894. The molecule has 0 radical (unpaired) electrons. The second kappa shape index (κ2) is 5.83. The third-order valence-corrected chi connectivity index (χ3v) is 3.13. The van der Waals surface area contributed by atoms with Crippen LogP contribution in [0.5, 0.6) is 0 Å². The molecule has 1 heterocycles. The summed E-state index contributed by atoms with van der Waals surface area (Å²) in [6.45, 7) is 1.63. The van der Waals surface area contributed by atoms with Crippen molar-refractivity contribution in [1.82, 2.24) is 15.1 Å². The number of aryl methyl sites for hydroxylation is 1. The van der Waals surface area contributed by atoms with Gasteiger partial charge in [0.25, 0.3) is 0 Å². The van der Waals surface area contributed by atoms with Crippen molar-refractivity contribution in [2.45, 2.75) is 13.0 Å². The Morgan fingerprint density at radius 3 is 2.80 bits per heavy atom. The molecular weight excluding hydrogens is 259 g/mol. The zero-order chi connectivity index (χ0) is 14.7. The van der Waals surface area contributed by atoms with Crippen molar-refractivity contribution in [3.8, 4) is 0 Å². The number of benzene rings is 1. The molecule has 0 saturated heterocycles. The first-order chi connectivity index (χ1) is 9.52. The summed E-state index contributed by atoms with van der Waals surface area (Å²) >= 11 is 0. The smallest absolute Gasteiger partial charge is 0.246 e. The monoisotopic (exact) mass is 276 g/mol. The van der Waals surface area contributed by atoms with Gasteiger partial charge in [-0.25, -0.2) is 4.39 Å². The standard InChI is InChI=1S/C14H17FN4O/c1-9-11(15)5-4-6-12(9)18-14(20)13(16-2)10-7-17-19(3)8-10/h4-8,13,16H,1-3H3,(H,18,20). The molecule has 0 saturated carbocycles. The van der Waals surface area contributed by atoms with Gasteiger partial charge in [0, 0.05) is 30.1 Å². The molecule has 106 valence electrons. The van der Waals surface area contributed by atoms with Gasteiger partial charge in [0.05, 0.1) is 6.20 Å². The van der Waals surface area contributed by atoms with Crippen molar-refractivity contribution in [3.63, 3.8) is 0 Å². The minimum Gasteiger partial charge on any atom is -0.324 e. The number of hydrogen-bond donors (Lipinski definition) is 2. The number of rotatable bonds is 4. The van der Waals surface area contributed by atoms with Crippen molar-refractivity contribution in [1.29, 1.82) is 0 Å². The van der Waals surface area contributed by atoms with Gasteiger partial charge in [-0.2, -0.15) is 5.10 Å². The Hall–Kier alpha value is -2.21. The minimum atomic E-state index is -0.536. The van der Waals surface area contributed by atoms with Gasteiger partial charge in [0.2, 0.25) is 5.91 Å². The first-order valence-corrected chi connectivity index (χ1v) is 6.24. The maximum atomic E-state index is 13.5. The van der Waals surface area contributed by atoms with Crippen LogP contribution in [0.2, 0.25) is 0 Å². The second-order valence-corrected chi connectivity index (χ2v) is 4.57. The van der Waals surface area contributed by atoms with Crippen LogP contribution in [-0.4, -0.2) is 22.7 Å². The number of hydrogen-bond acceptors (Lipinski definition) is 3. The van der Waals surface area contributed by atoms with Crippen LogP contribution in [0.15, 0.2) is 30.6 Å². The van der Waals surface area contributed by atoms with Crippen LogP contribution in [0.3, 0.4) is 0 Å². The SMILES string of the molecule is CNC(C(=O)Nc1cccc(F)c1C)c1cnn(C)c1. The van der Waals surface area contributed by atoms with Gasteiger partial charge in [-0.15, -0.1) is 0 Å². The topological polar surface area (TPSA) is 59.0 Å². The fourth-order valence-corrected chi connectivity index (χ4v) is 1.99. The number of amides is 1.